The Morgan fingerprint density at radius 1 is 1.22 bits per heavy atom. The molecule has 0 radical (unpaired) electrons. The highest BCUT2D eigenvalue weighted by Gasteiger charge is 2.27. The van der Waals surface area contributed by atoms with Crippen LogP contribution in [0.2, 0.25) is 0 Å². The van der Waals surface area contributed by atoms with Gasteiger partial charge in [0, 0.05) is 25.8 Å². The molecule has 1 aliphatic heterocycles. The molecule has 1 saturated heterocycles. The molecule has 23 heavy (non-hydrogen) atoms. The minimum atomic E-state index is -3.12. The zero-order valence-corrected chi connectivity index (χ0v) is 13.4. The maximum Gasteiger partial charge on any atom is 0.271 e. The number of sulfonamides is 1. The van der Waals surface area contributed by atoms with Gasteiger partial charge in [0.1, 0.15) is 0 Å². The smallest absolute Gasteiger partial charge is 0.271 e. The number of hydrogen-bond donors (Lipinski definition) is 1. The summed E-state index contributed by atoms with van der Waals surface area (Å²) in [6.07, 6.45) is 2.37. The summed E-state index contributed by atoms with van der Waals surface area (Å²) in [6.45, 7) is 1.10. The summed E-state index contributed by atoms with van der Waals surface area (Å²) in [6, 6.07) is 11.1. The molecule has 1 aromatic carbocycles. The maximum absolute atomic E-state index is 12.1. The first-order chi connectivity index (χ1) is 11.1. The third kappa shape index (κ3) is 3.59. The molecule has 2 heterocycles. The molecule has 122 valence electrons. The number of amides is 1. The Labute approximate surface area is 135 Å². The molecule has 0 unspecified atom stereocenters. The zero-order chi connectivity index (χ0) is 16.3. The Balaban J connectivity index is 1.56. The number of aromatic nitrogens is 2. The van der Waals surface area contributed by atoms with Crippen molar-refractivity contribution >= 4 is 15.9 Å². The number of hydrogen-bond acceptors (Lipinski definition) is 4. The Kier molecular flexibility index (Phi) is 4.44. The number of nitrogens with one attached hydrogen (secondary N) is 1. The van der Waals surface area contributed by atoms with Gasteiger partial charge >= 0.3 is 0 Å². The predicted molar refractivity (Wildman–Crippen MR) is 85.9 cm³/mol. The first kappa shape index (κ1) is 15.7. The minimum absolute atomic E-state index is 0.197. The van der Waals surface area contributed by atoms with E-state index in [9.17, 15) is 13.2 Å². The molecule has 1 aromatic heterocycles. The summed E-state index contributed by atoms with van der Waals surface area (Å²) < 4.78 is 26.4. The number of carbonyl (C=O) groups is 1. The van der Waals surface area contributed by atoms with Crippen molar-refractivity contribution in [1.29, 1.82) is 0 Å². The van der Waals surface area contributed by atoms with Crippen molar-refractivity contribution in [3.63, 3.8) is 0 Å². The summed E-state index contributed by atoms with van der Waals surface area (Å²) in [7, 11) is -3.12. The SMILES string of the molecule is O=C(NCCN1CCCS1(=O)=O)c1ccn(-c2ccccc2)n1. The van der Waals surface area contributed by atoms with Crippen molar-refractivity contribution in [1.82, 2.24) is 19.4 Å². The van der Waals surface area contributed by atoms with E-state index in [2.05, 4.69) is 10.4 Å². The lowest BCUT2D eigenvalue weighted by Gasteiger charge is -2.13. The molecule has 0 aliphatic carbocycles. The van der Waals surface area contributed by atoms with E-state index in [1.165, 1.54) is 4.31 Å². The monoisotopic (exact) mass is 334 g/mol. The second-order valence-corrected chi connectivity index (χ2v) is 7.39. The van der Waals surface area contributed by atoms with Gasteiger partial charge in [0.25, 0.3) is 5.91 Å². The molecule has 7 nitrogen and oxygen atoms in total. The van der Waals surface area contributed by atoms with Gasteiger partial charge < -0.3 is 5.32 Å². The van der Waals surface area contributed by atoms with Crippen molar-refractivity contribution < 1.29 is 13.2 Å². The normalized spacial score (nSPS) is 17.2. The number of rotatable bonds is 5. The van der Waals surface area contributed by atoms with Crippen molar-refractivity contribution in [3.05, 3.63) is 48.3 Å². The Morgan fingerprint density at radius 2 is 2.00 bits per heavy atom. The van der Waals surface area contributed by atoms with Crippen LogP contribution in [-0.4, -0.2) is 53.8 Å². The van der Waals surface area contributed by atoms with Gasteiger partial charge in [-0.1, -0.05) is 18.2 Å². The fourth-order valence-corrected chi connectivity index (χ4v) is 4.03. The van der Waals surface area contributed by atoms with Crippen molar-refractivity contribution in [2.45, 2.75) is 6.42 Å². The molecule has 8 heteroatoms. The van der Waals surface area contributed by atoms with Crippen LogP contribution in [0, 0.1) is 0 Å². The molecule has 0 spiro atoms. The molecule has 0 saturated carbocycles. The second-order valence-electron chi connectivity index (χ2n) is 5.31. The molecule has 0 atom stereocenters. The highest BCUT2D eigenvalue weighted by molar-refractivity contribution is 7.89. The molecule has 1 fully saturated rings. The predicted octanol–water partition coefficient (Wildman–Crippen LogP) is 0.638. The van der Waals surface area contributed by atoms with Crippen LogP contribution in [0.15, 0.2) is 42.6 Å². The van der Waals surface area contributed by atoms with Crippen LogP contribution < -0.4 is 5.32 Å². The Bertz CT molecular complexity index is 786. The second kappa shape index (κ2) is 6.51. The highest BCUT2D eigenvalue weighted by Crippen LogP contribution is 2.12. The van der Waals surface area contributed by atoms with Crippen LogP contribution in [-0.2, 0) is 10.0 Å². The average molecular weight is 334 g/mol. The molecule has 1 aliphatic rings. The average Bonchev–Trinajstić information content (AvgIpc) is 3.15. The van der Waals surface area contributed by atoms with E-state index in [1.807, 2.05) is 30.3 Å². The van der Waals surface area contributed by atoms with Crippen LogP contribution in [0.4, 0.5) is 0 Å². The molecular weight excluding hydrogens is 316 g/mol. The first-order valence-corrected chi connectivity index (χ1v) is 9.04. The van der Waals surface area contributed by atoms with E-state index in [4.69, 9.17) is 0 Å². The summed E-state index contributed by atoms with van der Waals surface area (Å²) in [4.78, 5) is 12.1. The quantitative estimate of drug-likeness (QED) is 0.869. The van der Waals surface area contributed by atoms with E-state index in [0.717, 1.165) is 5.69 Å². The van der Waals surface area contributed by atoms with Crippen LogP contribution in [0.25, 0.3) is 5.69 Å². The zero-order valence-electron chi connectivity index (χ0n) is 12.6. The van der Waals surface area contributed by atoms with Crippen LogP contribution in [0.1, 0.15) is 16.9 Å². The van der Waals surface area contributed by atoms with E-state index < -0.39 is 10.0 Å². The fraction of sp³-hybridized carbons (Fsp3) is 0.333. The number of nitrogens with zero attached hydrogens (tertiary/aromatic N) is 3. The van der Waals surface area contributed by atoms with E-state index in [1.54, 1.807) is 16.9 Å². The van der Waals surface area contributed by atoms with Gasteiger partial charge in [-0.25, -0.2) is 17.4 Å². The molecule has 1 N–H and O–H groups in total. The fourth-order valence-electron chi connectivity index (χ4n) is 2.50. The summed E-state index contributed by atoms with van der Waals surface area (Å²) in [5, 5.41) is 6.94. The van der Waals surface area contributed by atoms with E-state index in [-0.39, 0.29) is 18.2 Å². The van der Waals surface area contributed by atoms with E-state index >= 15 is 0 Å². The Hall–Kier alpha value is -2.19. The largest absolute Gasteiger partial charge is 0.349 e. The lowest BCUT2D eigenvalue weighted by molar-refractivity contribution is 0.0946. The third-order valence-corrected chi connectivity index (χ3v) is 5.65. The van der Waals surface area contributed by atoms with E-state index in [0.29, 0.717) is 25.2 Å². The van der Waals surface area contributed by atoms with Crippen LogP contribution in [0.5, 0.6) is 0 Å². The Morgan fingerprint density at radius 3 is 2.70 bits per heavy atom. The first-order valence-electron chi connectivity index (χ1n) is 7.43. The van der Waals surface area contributed by atoms with Gasteiger partial charge in [0.05, 0.1) is 11.4 Å². The summed E-state index contributed by atoms with van der Waals surface area (Å²) >= 11 is 0. The lowest BCUT2D eigenvalue weighted by Crippen LogP contribution is -2.36. The molecular formula is C15H18N4O3S. The topological polar surface area (TPSA) is 84.3 Å². The van der Waals surface area contributed by atoms with Gasteiger partial charge in [-0.3, -0.25) is 4.79 Å². The third-order valence-electron chi connectivity index (χ3n) is 3.69. The van der Waals surface area contributed by atoms with Crippen LogP contribution >= 0.6 is 0 Å². The number of benzene rings is 1. The highest BCUT2D eigenvalue weighted by atomic mass is 32.2. The molecule has 0 bridgehead atoms. The van der Waals surface area contributed by atoms with Crippen molar-refractivity contribution in [2.75, 3.05) is 25.4 Å². The van der Waals surface area contributed by atoms with Crippen LogP contribution in [0.3, 0.4) is 0 Å². The molecule has 3 rings (SSSR count). The molecule has 2 aromatic rings. The summed E-state index contributed by atoms with van der Waals surface area (Å²) in [5.74, 6) is -0.112. The summed E-state index contributed by atoms with van der Waals surface area (Å²) in [5.41, 5.74) is 1.17. The van der Waals surface area contributed by atoms with Gasteiger partial charge in [0.15, 0.2) is 5.69 Å². The van der Waals surface area contributed by atoms with Gasteiger partial charge in [0.2, 0.25) is 10.0 Å². The number of para-hydroxylation sites is 1. The lowest BCUT2D eigenvalue weighted by atomic mass is 10.3. The van der Waals surface area contributed by atoms with Gasteiger partial charge in [-0.2, -0.15) is 5.10 Å². The number of carbonyl (C=O) groups excluding carboxylic acids is 1. The standard InChI is InChI=1S/C15H18N4O3S/c20-15(16-8-11-18-9-4-12-23(18,21)22)14-7-10-19(17-14)13-5-2-1-3-6-13/h1-3,5-7,10H,4,8-9,11-12H2,(H,16,20). The van der Waals surface area contributed by atoms with Gasteiger partial charge in [-0.05, 0) is 24.6 Å². The maximum atomic E-state index is 12.1. The van der Waals surface area contributed by atoms with Crippen molar-refractivity contribution in [2.24, 2.45) is 0 Å². The van der Waals surface area contributed by atoms with Crippen molar-refractivity contribution in [3.8, 4) is 5.69 Å². The van der Waals surface area contributed by atoms with Gasteiger partial charge in [-0.15, -0.1) is 0 Å². The molecule has 1 amide bonds. The minimum Gasteiger partial charge on any atom is -0.349 e.